The highest BCUT2D eigenvalue weighted by atomic mass is 16.2. The van der Waals surface area contributed by atoms with Crippen molar-refractivity contribution < 1.29 is 9.59 Å². The van der Waals surface area contributed by atoms with Gasteiger partial charge in [0.15, 0.2) is 0 Å². The summed E-state index contributed by atoms with van der Waals surface area (Å²) in [6, 6.07) is 7.50. The lowest BCUT2D eigenvalue weighted by Gasteiger charge is -2.16. The summed E-state index contributed by atoms with van der Waals surface area (Å²) < 4.78 is 0. The van der Waals surface area contributed by atoms with E-state index in [0.717, 1.165) is 37.2 Å². The predicted octanol–water partition coefficient (Wildman–Crippen LogP) is 2.94. The molecular weight excluding hydrogens is 240 g/mol. The minimum absolute atomic E-state index is 0.0340. The number of carbonyl (C=O) groups excluding carboxylic acids is 2. The van der Waals surface area contributed by atoms with E-state index in [-0.39, 0.29) is 11.8 Å². The van der Waals surface area contributed by atoms with Crippen LogP contribution in [-0.4, -0.2) is 18.4 Å². The molecule has 1 heterocycles. The first kappa shape index (κ1) is 13.6. The van der Waals surface area contributed by atoms with Gasteiger partial charge in [-0.2, -0.15) is 0 Å². The Morgan fingerprint density at radius 2 is 2.26 bits per heavy atom. The fourth-order valence-electron chi connectivity index (χ4n) is 2.23. The second-order valence-electron chi connectivity index (χ2n) is 4.85. The quantitative estimate of drug-likeness (QED) is 0.885. The first-order chi connectivity index (χ1) is 9.20. The van der Waals surface area contributed by atoms with Gasteiger partial charge in [-0.3, -0.25) is 9.59 Å². The third-order valence-electron chi connectivity index (χ3n) is 3.27. The van der Waals surface area contributed by atoms with Crippen LogP contribution in [-0.2, 0) is 9.59 Å². The minimum atomic E-state index is 0.0340. The Morgan fingerprint density at radius 1 is 1.42 bits per heavy atom. The van der Waals surface area contributed by atoms with Crippen molar-refractivity contribution in [2.45, 2.75) is 39.0 Å². The first-order valence-electron chi connectivity index (χ1n) is 6.91. The Hall–Kier alpha value is -1.84. The largest absolute Gasteiger partial charge is 0.326 e. The average molecular weight is 260 g/mol. The molecule has 0 aromatic heterocycles. The van der Waals surface area contributed by atoms with E-state index < -0.39 is 0 Å². The van der Waals surface area contributed by atoms with E-state index in [1.165, 1.54) is 0 Å². The Bertz CT molecular complexity index is 471. The zero-order valence-corrected chi connectivity index (χ0v) is 11.3. The van der Waals surface area contributed by atoms with Crippen LogP contribution < -0.4 is 10.2 Å². The molecule has 102 valence electrons. The Kier molecular flexibility index (Phi) is 4.55. The number of nitrogens with one attached hydrogen (secondary N) is 1. The van der Waals surface area contributed by atoms with Gasteiger partial charge in [-0.05, 0) is 31.0 Å². The molecule has 2 rings (SSSR count). The molecule has 0 unspecified atom stereocenters. The normalized spacial score (nSPS) is 14.8. The van der Waals surface area contributed by atoms with Gasteiger partial charge in [0.05, 0.1) is 0 Å². The van der Waals surface area contributed by atoms with E-state index in [0.29, 0.717) is 12.8 Å². The van der Waals surface area contributed by atoms with Crippen LogP contribution in [0.1, 0.15) is 39.0 Å². The van der Waals surface area contributed by atoms with Crippen LogP contribution >= 0.6 is 0 Å². The van der Waals surface area contributed by atoms with E-state index in [9.17, 15) is 9.59 Å². The van der Waals surface area contributed by atoms with E-state index in [1.54, 1.807) is 4.90 Å². The molecule has 1 aliphatic rings. The smallest absolute Gasteiger partial charge is 0.227 e. The number of hydrogen-bond acceptors (Lipinski definition) is 2. The Labute approximate surface area is 113 Å². The van der Waals surface area contributed by atoms with Crippen molar-refractivity contribution in [1.29, 1.82) is 0 Å². The first-order valence-corrected chi connectivity index (χ1v) is 6.91. The molecule has 1 aromatic carbocycles. The van der Waals surface area contributed by atoms with Gasteiger partial charge in [-0.1, -0.05) is 19.4 Å². The molecule has 4 heteroatoms. The highest BCUT2D eigenvalue weighted by molar-refractivity contribution is 5.97. The average Bonchev–Trinajstić information content (AvgIpc) is 2.83. The van der Waals surface area contributed by atoms with Crippen LogP contribution in [0.2, 0.25) is 0 Å². The number of rotatable bonds is 5. The number of nitrogens with zero attached hydrogens (tertiary/aromatic N) is 1. The summed E-state index contributed by atoms with van der Waals surface area (Å²) >= 11 is 0. The van der Waals surface area contributed by atoms with Gasteiger partial charge in [0, 0.05) is 30.8 Å². The van der Waals surface area contributed by atoms with Crippen molar-refractivity contribution >= 4 is 23.2 Å². The third-order valence-corrected chi connectivity index (χ3v) is 3.27. The fourth-order valence-corrected chi connectivity index (χ4v) is 2.23. The maximum Gasteiger partial charge on any atom is 0.227 e. The van der Waals surface area contributed by atoms with Gasteiger partial charge in [0.25, 0.3) is 0 Å². The Balaban J connectivity index is 2.02. The number of amides is 2. The molecule has 1 aromatic rings. The summed E-state index contributed by atoms with van der Waals surface area (Å²) in [4.78, 5) is 25.1. The zero-order valence-electron chi connectivity index (χ0n) is 11.3. The highest BCUT2D eigenvalue weighted by Gasteiger charge is 2.21. The van der Waals surface area contributed by atoms with E-state index in [1.807, 2.05) is 24.3 Å². The van der Waals surface area contributed by atoms with Gasteiger partial charge in [-0.15, -0.1) is 0 Å². The van der Waals surface area contributed by atoms with Crippen molar-refractivity contribution in [1.82, 2.24) is 0 Å². The number of hydrogen-bond donors (Lipinski definition) is 1. The zero-order chi connectivity index (χ0) is 13.7. The molecular formula is C15H20N2O2. The van der Waals surface area contributed by atoms with Crippen molar-refractivity contribution in [2.24, 2.45) is 0 Å². The summed E-state index contributed by atoms with van der Waals surface area (Å²) in [5.74, 6) is 0.196. The van der Waals surface area contributed by atoms with Crippen LogP contribution in [0.3, 0.4) is 0 Å². The van der Waals surface area contributed by atoms with Gasteiger partial charge in [-0.25, -0.2) is 0 Å². The van der Waals surface area contributed by atoms with Gasteiger partial charge in [0.2, 0.25) is 11.8 Å². The van der Waals surface area contributed by atoms with Crippen LogP contribution in [0.25, 0.3) is 0 Å². The molecule has 0 aliphatic carbocycles. The third kappa shape index (κ3) is 3.56. The van der Waals surface area contributed by atoms with Gasteiger partial charge >= 0.3 is 0 Å². The predicted molar refractivity (Wildman–Crippen MR) is 76.2 cm³/mol. The number of benzene rings is 1. The van der Waals surface area contributed by atoms with Crippen LogP contribution in [0, 0.1) is 0 Å². The molecule has 0 bridgehead atoms. The SMILES string of the molecule is CCCCC(=O)Nc1cccc(N2CCCC2=O)c1. The second-order valence-corrected chi connectivity index (χ2v) is 4.85. The molecule has 1 aliphatic heterocycles. The number of anilines is 2. The lowest BCUT2D eigenvalue weighted by atomic mass is 10.2. The van der Waals surface area contributed by atoms with Crippen molar-refractivity contribution in [3.05, 3.63) is 24.3 Å². The second kappa shape index (κ2) is 6.36. The van der Waals surface area contributed by atoms with Gasteiger partial charge in [0.1, 0.15) is 0 Å². The molecule has 19 heavy (non-hydrogen) atoms. The van der Waals surface area contributed by atoms with Crippen LogP contribution in [0.4, 0.5) is 11.4 Å². The number of carbonyl (C=O) groups is 2. The maximum absolute atomic E-state index is 11.7. The lowest BCUT2D eigenvalue weighted by molar-refractivity contribution is -0.117. The molecule has 1 fully saturated rings. The van der Waals surface area contributed by atoms with E-state index >= 15 is 0 Å². The van der Waals surface area contributed by atoms with Crippen LogP contribution in [0.15, 0.2) is 24.3 Å². The van der Waals surface area contributed by atoms with Gasteiger partial charge < -0.3 is 10.2 Å². The summed E-state index contributed by atoms with van der Waals surface area (Å²) in [6.07, 6.45) is 3.98. The molecule has 0 saturated carbocycles. The molecule has 2 amide bonds. The lowest BCUT2D eigenvalue weighted by Crippen LogP contribution is -2.23. The maximum atomic E-state index is 11.7. The molecule has 1 N–H and O–H groups in total. The standard InChI is InChI=1S/C15H20N2O2/c1-2-3-8-14(18)16-12-6-4-7-13(11-12)17-10-5-9-15(17)19/h4,6-7,11H,2-3,5,8-10H2,1H3,(H,16,18). The van der Waals surface area contributed by atoms with Crippen molar-refractivity contribution in [2.75, 3.05) is 16.8 Å². The molecule has 1 saturated heterocycles. The molecule has 0 radical (unpaired) electrons. The molecule has 0 spiro atoms. The van der Waals surface area contributed by atoms with Crippen molar-refractivity contribution in [3.63, 3.8) is 0 Å². The summed E-state index contributed by atoms with van der Waals surface area (Å²) in [6.45, 7) is 2.83. The van der Waals surface area contributed by atoms with Crippen molar-refractivity contribution in [3.8, 4) is 0 Å². The topological polar surface area (TPSA) is 49.4 Å². The highest BCUT2D eigenvalue weighted by Crippen LogP contribution is 2.24. The number of unbranched alkanes of at least 4 members (excludes halogenated alkanes) is 1. The summed E-state index contributed by atoms with van der Waals surface area (Å²) in [5.41, 5.74) is 1.63. The summed E-state index contributed by atoms with van der Waals surface area (Å²) in [7, 11) is 0. The van der Waals surface area contributed by atoms with E-state index in [2.05, 4.69) is 12.2 Å². The molecule has 4 nitrogen and oxygen atoms in total. The monoisotopic (exact) mass is 260 g/mol. The minimum Gasteiger partial charge on any atom is -0.326 e. The Morgan fingerprint density at radius 3 is 2.95 bits per heavy atom. The fraction of sp³-hybridized carbons (Fsp3) is 0.467. The summed E-state index contributed by atoms with van der Waals surface area (Å²) in [5, 5.41) is 2.88. The van der Waals surface area contributed by atoms with Crippen LogP contribution in [0.5, 0.6) is 0 Å². The van der Waals surface area contributed by atoms with E-state index in [4.69, 9.17) is 0 Å². The molecule has 0 atom stereocenters.